The molecule has 0 N–H and O–H groups in total. The minimum atomic E-state index is 0.914. The maximum absolute atomic E-state index is 5.02. The lowest BCUT2D eigenvalue weighted by molar-refractivity contribution is 0.872. The number of nitrogens with zero attached hydrogens (tertiary/aromatic N) is 3. The van der Waals surface area contributed by atoms with Gasteiger partial charge >= 0.3 is 0 Å². The molecule has 0 radical (unpaired) electrons. The third kappa shape index (κ3) is 3.09. The first-order valence-electron chi connectivity index (χ1n) is 9.53. The number of rotatable bonds is 4. The van der Waals surface area contributed by atoms with Crippen molar-refractivity contribution in [2.24, 2.45) is 0 Å². The quantitative estimate of drug-likeness (QED) is 0.436. The fourth-order valence-electron chi connectivity index (χ4n) is 3.77. The van der Waals surface area contributed by atoms with Crippen LogP contribution in [-0.4, -0.2) is 14.1 Å². The van der Waals surface area contributed by atoms with Crippen LogP contribution in [0.2, 0.25) is 0 Å². The van der Waals surface area contributed by atoms with E-state index < -0.39 is 0 Å². The largest absolute Gasteiger partial charge is 0.303 e. The molecule has 0 amide bonds. The Balaban J connectivity index is 1.95. The zero-order valence-electron chi connectivity index (χ0n) is 16.9. The van der Waals surface area contributed by atoms with Crippen molar-refractivity contribution in [3.63, 3.8) is 0 Å². The van der Waals surface area contributed by atoms with Gasteiger partial charge in [0, 0.05) is 22.8 Å². The zero-order valence-corrected chi connectivity index (χ0v) is 16.9. The SMILES string of the molecule is C=C(c1ccccc1)c1cc(-n2c(C)ccc2C)nc(-n2c(C)ccc2C)c1. The average molecular weight is 367 g/mol. The van der Waals surface area contributed by atoms with Gasteiger partial charge in [0.1, 0.15) is 11.6 Å². The van der Waals surface area contributed by atoms with Crippen molar-refractivity contribution in [1.82, 2.24) is 14.1 Å². The average Bonchev–Trinajstić information content (AvgIpc) is 3.22. The summed E-state index contributed by atoms with van der Waals surface area (Å²) in [5.74, 6) is 1.83. The molecule has 140 valence electrons. The predicted octanol–water partition coefficient (Wildman–Crippen LogP) is 5.96. The minimum Gasteiger partial charge on any atom is -0.303 e. The van der Waals surface area contributed by atoms with Gasteiger partial charge in [-0.2, -0.15) is 0 Å². The molecule has 0 aliphatic heterocycles. The van der Waals surface area contributed by atoms with Crippen LogP contribution in [0.3, 0.4) is 0 Å². The summed E-state index contributed by atoms with van der Waals surface area (Å²) in [6.45, 7) is 12.8. The highest BCUT2D eigenvalue weighted by Gasteiger charge is 2.14. The summed E-state index contributed by atoms with van der Waals surface area (Å²) in [6, 6.07) is 23.1. The fraction of sp³-hybridized carbons (Fsp3) is 0.160. The highest BCUT2D eigenvalue weighted by molar-refractivity contribution is 5.79. The van der Waals surface area contributed by atoms with Crippen LogP contribution in [0, 0.1) is 27.7 Å². The molecule has 1 aromatic carbocycles. The molecule has 3 heteroatoms. The van der Waals surface area contributed by atoms with E-state index in [4.69, 9.17) is 4.98 Å². The molecule has 0 aliphatic rings. The number of pyridine rings is 1. The Morgan fingerprint density at radius 3 is 1.50 bits per heavy atom. The second-order valence-electron chi connectivity index (χ2n) is 7.32. The molecule has 0 saturated heterocycles. The van der Waals surface area contributed by atoms with Gasteiger partial charge in [0.05, 0.1) is 0 Å². The highest BCUT2D eigenvalue weighted by Crippen LogP contribution is 2.27. The first-order valence-corrected chi connectivity index (χ1v) is 9.53. The summed E-state index contributed by atoms with van der Waals surface area (Å²) in [5, 5.41) is 0. The maximum atomic E-state index is 5.02. The van der Waals surface area contributed by atoms with E-state index in [0.717, 1.165) is 28.3 Å². The standard InChI is InChI=1S/C25H25N3/c1-17-11-12-18(2)27(17)24-15-23(21(5)22-9-7-6-8-10-22)16-25(26-24)28-19(3)13-14-20(28)4/h6-16H,5H2,1-4H3. The maximum Gasteiger partial charge on any atom is 0.140 e. The molecule has 0 fully saturated rings. The molecule has 3 nitrogen and oxygen atoms in total. The molecule has 0 aliphatic carbocycles. The number of aryl methyl sites for hydroxylation is 4. The number of benzene rings is 1. The smallest absolute Gasteiger partial charge is 0.140 e. The van der Waals surface area contributed by atoms with Crippen LogP contribution in [0.5, 0.6) is 0 Å². The van der Waals surface area contributed by atoms with Gasteiger partial charge < -0.3 is 9.13 Å². The van der Waals surface area contributed by atoms with Gasteiger partial charge in [-0.05, 0) is 80.8 Å². The molecular weight excluding hydrogens is 342 g/mol. The van der Waals surface area contributed by atoms with Crippen molar-refractivity contribution in [1.29, 1.82) is 0 Å². The first kappa shape index (κ1) is 18.1. The van der Waals surface area contributed by atoms with E-state index in [1.165, 1.54) is 22.8 Å². The van der Waals surface area contributed by atoms with E-state index in [1.807, 2.05) is 18.2 Å². The molecule has 0 atom stereocenters. The van der Waals surface area contributed by atoms with Crippen molar-refractivity contribution in [2.75, 3.05) is 0 Å². The summed E-state index contributed by atoms with van der Waals surface area (Å²) < 4.78 is 4.39. The third-order valence-electron chi connectivity index (χ3n) is 5.27. The van der Waals surface area contributed by atoms with E-state index in [0.29, 0.717) is 0 Å². The predicted molar refractivity (Wildman–Crippen MR) is 116 cm³/mol. The second kappa shape index (κ2) is 7.01. The van der Waals surface area contributed by atoms with Gasteiger partial charge in [-0.25, -0.2) is 4.98 Å². The Kier molecular flexibility index (Phi) is 4.52. The molecule has 0 spiro atoms. The minimum absolute atomic E-state index is 0.914. The molecule has 0 saturated carbocycles. The normalized spacial score (nSPS) is 11.0. The van der Waals surface area contributed by atoms with Crippen molar-refractivity contribution in [3.8, 4) is 11.6 Å². The lowest BCUT2D eigenvalue weighted by Gasteiger charge is -2.16. The van der Waals surface area contributed by atoms with Gasteiger partial charge in [-0.1, -0.05) is 36.9 Å². The van der Waals surface area contributed by atoms with Crippen LogP contribution in [-0.2, 0) is 0 Å². The van der Waals surface area contributed by atoms with E-state index in [9.17, 15) is 0 Å². The van der Waals surface area contributed by atoms with E-state index >= 15 is 0 Å². The summed E-state index contributed by atoms with van der Waals surface area (Å²) in [4.78, 5) is 5.02. The number of hydrogen-bond acceptors (Lipinski definition) is 1. The van der Waals surface area contributed by atoms with E-state index in [1.54, 1.807) is 0 Å². The Hall–Kier alpha value is -3.33. The van der Waals surface area contributed by atoms with Crippen molar-refractivity contribution < 1.29 is 0 Å². The molecule has 28 heavy (non-hydrogen) atoms. The van der Waals surface area contributed by atoms with Gasteiger partial charge in [-0.15, -0.1) is 0 Å². The summed E-state index contributed by atoms with van der Waals surface area (Å²) in [7, 11) is 0. The molecule has 3 heterocycles. The lowest BCUT2D eigenvalue weighted by atomic mass is 10.00. The summed E-state index contributed by atoms with van der Waals surface area (Å²) in [5.41, 5.74) is 7.85. The van der Waals surface area contributed by atoms with Gasteiger partial charge in [0.2, 0.25) is 0 Å². The molecule has 3 aromatic heterocycles. The zero-order chi connectivity index (χ0) is 19.8. The third-order valence-corrected chi connectivity index (χ3v) is 5.27. The van der Waals surface area contributed by atoms with Crippen LogP contribution < -0.4 is 0 Å². The van der Waals surface area contributed by atoms with Crippen LogP contribution in [0.4, 0.5) is 0 Å². The van der Waals surface area contributed by atoms with Crippen molar-refractivity contribution in [2.45, 2.75) is 27.7 Å². The van der Waals surface area contributed by atoms with Crippen LogP contribution in [0.25, 0.3) is 17.2 Å². The second-order valence-corrected chi connectivity index (χ2v) is 7.32. The monoisotopic (exact) mass is 367 g/mol. The Labute approximate surface area is 166 Å². The molecule has 4 rings (SSSR count). The molecule has 0 bridgehead atoms. The Morgan fingerprint density at radius 1 is 0.643 bits per heavy atom. The lowest BCUT2D eigenvalue weighted by Crippen LogP contribution is -2.08. The Bertz CT molecular complexity index is 1060. The van der Waals surface area contributed by atoms with Crippen molar-refractivity contribution >= 4 is 5.57 Å². The fourth-order valence-corrected chi connectivity index (χ4v) is 3.77. The van der Waals surface area contributed by atoms with Gasteiger partial charge in [0.25, 0.3) is 0 Å². The van der Waals surface area contributed by atoms with Gasteiger partial charge in [-0.3, -0.25) is 0 Å². The van der Waals surface area contributed by atoms with E-state index in [2.05, 4.69) is 91.9 Å². The number of aromatic nitrogens is 3. The highest BCUT2D eigenvalue weighted by atomic mass is 15.1. The molecular formula is C25H25N3. The summed E-state index contributed by atoms with van der Waals surface area (Å²) in [6.07, 6.45) is 0. The number of hydrogen-bond donors (Lipinski definition) is 0. The summed E-state index contributed by atoms with van der Waals surface area (Å²) >= 11 is 0. The topological polar surface area (TPSA) is 22.8 Å². The van der Waals surface area contributed by atoms with Crippen LogP contribution in [0.15, 0.2) is 73.3 Å². The Morgan fingerprint density at radius 2 is 1.07 bits per heavy atom. The van der Waals surface area contributed by atoms with Crippen LogP contribution >= 0.6 is 0 Å². The first-order chi connectivity index (χ1) is 13.5. The molecule has 0 unspecified atom stereocenters. The van der Waals surface area contributed by atoms with Crippen molar-refractivity contribution in [3.05, 3.63) is 107 Å². The van der Waals surface area contributed by atoms with E-state index in [-0.39, 0.29) is 0 Å². The van der Waals surface area contributed by atoms with Gasteiger partial charge in [0.15, 0.2) is 0 Å². The molecule has 4 aromatic rings. The van der Waals surface area contributed by atoms with Crippen LogP contribution in [0.1, 0.15) is 33.9 Å².